The van der Waals surface area contributed by atoms with E-state index < -0.39 is 0 Å². The van der Waals surface area contributed by atoms with Gasteiger partial charge in [-0.25, -0.2) is 0 Å². The van der Waals surface area contributed by atoms with Gasteiger partial charge in [0.15, 0.2) is 6.61 Å². The van der Waals surface area contributed by atoms with Gasteiger partial charge in [-0.1, -0.05) is 6.07 Å². The quantitative estimate of drug-likeness (QED) is 0.808. The largest absolute Gasteiger partial charge is 1.00 e. The highest BCUT2D eigenvalue weighted by Crippen LogP contribution is 2.28. The molecule has 1 aromatic carbocycles. The van der Waals surface area contributed by atoms with Gasteiger partial charge in [-0.3, -0.25) is 4.79 Å². The Bertz CT molecular complexity index is 569. The predicted octanol–water partition coefficient (Wildman–Crippen LogP) is 0.112. The van der Waals surface area contributed by atoms with Gasteiger partial charge < -0.3 is 27.8 Å². The standard InChI is InChI=1S/C19H30N2O2.ClH/c1-13-7-8-16(9-14(13)2)23-12-17(22)20-15-10-18(3,4)21-19(5,6)11-15;/h7-9,15,21H,10-12H2,1-6H3,(H,20,22);1H/p-1. The molecule has 1 aromatic rings. The molecule has 2 rings (SSSR count). The number of benzene rings is 1. The van der Waals surface area contributed by atoms with Crippen LogP contribution in [0.2, 0.25) is 0 Å². The van der Waals surface area contributed by atoms with Gasteiger partial charge in [-0.15, -0.1) is 0 Å². The van der Waals surface area contributed by atoms with Gasteiger partial charge in [0.2, 0.25) is 0 Å². The number of carbonyl (C=O) groups excluding carboxylic acids is 1. The lowest BCUT2D eigenvalue weighted by atomic mass is 9.79. The Hall–Kier alpha value is -1.26. The van der Waals surface area contributed by atoms with Crippen molar-refractivity contribution in [2.24, 2.45) is 0 Å². The van der Waals surface area contributed by atoms with Crippen LogP contribution in [0, 0.1) is 13.8 Å². The summed E-state index contributed by atoms with van der Waals surface area (Å²) < 4.78 is 5.62. The molecule has 0 aliphatic carbocycles. The predicted molar refractivity (Wildman–Crippen MR) is 93.9 cm³/mol. The number of ether oxygens (including phenoxy) is 1. The minimum atomic E-state index is -0.0540. The summed E-state index contributed by atoms with van der Waals surface area (Å²) in [6, 6.07) is 6.07. The molecule has 1 saturated heterocycles. The molecule has 0 unspecified atom stereocenters. The van der Waals surface area contributed by atoms with E-state index in [4.69, 9.17) is 4.74 Å². The highest BCUT2D eigenvalue weighted by atomic mass is 35.5. The number of hydrogen-bond acceptors (Lipinski definition) is 3. The van der Waals surface area contributed by atoms with Crippen LogP contribution in [0.3, 0.4) is 0 Å². The molecule has 136 valence electrons. The lowest BCUT2D eigenvalue weighted by molar-refractivity contribution is -0.124. The third-order valence-corrected chi connectivity index (χ3v) is 4.40. The van der Waals surface area contributed by atoms with Crippen molar-refractivity contribution in [2.45, 2.75) is 71.5 Å². The highest BCUT2D eigenvalue weighted by molar-refractivity contribution is 5.77. The van der Waals surface area contributed by atoms with Crippen molar-refractivity contribution in [3.05, 3.63) is 29.3 Å². The van der Waals surface area contributed by atoms with Crippen molar-refractivity contribution in [3.63, 3.8) is 0 Å². The molecule has 0 radical (unpaired) electrons. The number of aryl methyl sites for hydroxylation is 2. The average Bonchev–Trinajstić information content (AvgIpc) is 2.36. The van der Waals surface area contributed by atoms with E-state index in [1.807, 2.05) is 25.1 Å². The summed E-state index contributed by atoms with van der Waals surface area (Å²) in [4.78, 5) is 12.2. The van der Waals surface area contributed by atoms with E-state index in [9.17, 15) is 4.79 Å². The Morgan fingerprint density at radius 1 is 1.17 bits per heavy atom. The van der Waals surface area contributed by atoms with Crippen LogP contribution in [0.1, 0.15) is 51.7 Å². The zero-order chi connectivity index (χ0) is 17.3. The molecular formula is C19H30ClN2O2-. The summed E-state index contributed by atoms with van der Waals surface area (Å²) in [6.45, 7) is 12.9. The third kappa shape index (κ3) is 5.99. The molecule has 4 nitrogen and oxygen atoms in total. The number of hydrogen-bond donors (Lipinski definition) is 2. The fraction of sp³-hybridized carbons (Fsp3) is 0.632. The maximum Gasteiger partial charge on any atom is 0.258 e. The van der Waals surface area contributed by atoms with Crippen LogP contribution >= 0.6 is 0 Å². The van der Waals surface area contributed by atoms with E-state index >= 15 is 0 Å². The highest BCUT2D eigenvalue weighted by Gasteiger charge is 2.38. The molecule has 5 heteroatoms. The Kier molecular flexibility index (Phi) is 6.71. The first-order valence-electron chi connectivity index (χ1n) is 8.35. The molecule has 24 heavy (non-hydrogen) atoms. The van der Waals surface area contributed by atoms with Gasteiger partial charge in [-0.2, -0.15) is 0 Å². The smallest absolute Gasteiger partial charge is 0.258 e. The van der Waals surface area contributed by atoms with E-state index in [0.717, 1.165) is 18.6 Å². The number of rotatable bonds is 4. The molecule has 0 spiro atoms. The first kappa shape index (κ1) is 20.8. The SMILES string of the molecule is Cc1ccc(OCC(=O)NC2CC(C)(C)NC(C)(C)C2)cc1C.[Cl-]. The maximum atomic E-state index is 12.2. The fourth-order valence-electron chi connectivity index (χ4n) is 3.65. The van der Waals surface area contributed by atoms with Crippen molar-refractivity contribution < 1.29 is 21.9 Å². The summed E-state index contributed by atoms with van der Waals surface area (Å²) >= 11 is 0. The van der Waals surface area contributed by atoms with E-state index in [2.05, 4.69) is 45.3 Å². The van der Waals surface area contributed by atoms with Gasteiger partial charge in [0.05, 0.1) is 0 Å². The van der Waals surface area contributed by atoms with Gasteiger partial charge >= 0.3 is 0 Å². The summed E-state index contributed by atoms with van der Waals surface area (Å²) in [7, 11) is 0. The van der Waals surface area contributed by atoms with Gasteiger partial charge in [0.1, 0.15) is 5.75 Å². The topological polar surface area (TPSA) is 50.4 Å². The van der Waals surface area contributed by atoms with E-state index in [0.29, 0.717) is 0 Å². The second kappa shape index (κ2) is 7.75. The lowest BCUT2D eigenvalue weighted by Gasteiger charge is -2.46. The van der Waals surface area contributed by atoms with Crippen LogP contribution in [0.4, 0.5) is 0 Å². The molecule has 0 aromatic heterocycles. The average molecular weight is 354 g/mol. The molecule has 0 bridgehead atoms. The molecule has 2 N–H and O–H groups in total. The molecule has 1 amide bonds. The summed E-state index contributed by atoms with van der Waals surface area (Å²) in [6.07, 6.45) is 1.84. The zero-order valence-electron chi connectivity index (χ0n) is 15.6. The monoisotopic (exact) mass is 353 g/mol. The van der Waals surface area contributed by atoms with Gasteiger partial charge in [-0.05, 0) is 77.6 Å². The number of carbonyl (C=O) groups is 1. The van der Waals surface area contributed by atoms with Crippen LogP contribution < -0.4 is 27.8 Å². The van der Waals surface area contributed by atoms with E-state index in [1.165, 1.54) is 11.1 Å². The molecule has 1 fully saturated rings. The summed E-state index contributed by atoms with van der Waals surface area (Å²) in [5.74, 6) is 0.691. The van der Waals surface area contributed by atoms with Crippen molar-refractivity contribution in [1.29, 1.82) is 0 Å². The van der Waals surface area contributed by atoms with Crippen molar-refractivity contribution in [1.82, 2.24) is 10.6 Å². The van der Waals surface area contributed by atoms with Gasteiger partial charge in [0.25, 0.3) is 5.91 Å². The number of amides is 1. The normalized spacial score (nSPS) is 19.2. The van der Waals surface area contributed by atoms with Crippen LogP contribution in [-0.2, 0) is 4.79 Å². The first-order valence-corrected chi connectivity index (χ1v) is 8.35. The molecule has 1 heterocycles. The Balaban J connectivity index is 0.00000288. The van der Waals surface area contributed by atoms with Crippen LogP contribution in [0.25, 0.3) is 0 Å². The summed E-state index contributed by atoms with van der Waals surface area (Å²) in [5, 5.41) is 6.74. The lowest BCUT2D eigenvalue weighted by Crippen LogP contribution is -3.00. The molecule has 0 atom stereocenters. The van der Waals surface area contributed by atoms with Crippen LogP contribution in [-0.4, -0.2) is 29.6 Å². The van der Waals surface area contributed by atoms with Gasteiger partial charge in [0, 0.05) is 17.1 Å². The number of nitrogens with one attached hydrogen (secondary N) is 2. The Morgan fingerprint density at radius 2 is 1.75 bits per heavy atom. The fourth-order valence-corrected chi connectivity index (χ4v) is 3.65. The number of halogens is 1. The molecule has 0 saturated carbocycles. The second-order valence-electron chi connectivity index (χ2n) is 8.10. The molecular weight excluding hydrogens is 324 g/mol. The second-order valence-corrected chi connectivity index (χ2v) is 8.10. The van der Waals surface area contributed by atoms with E-state index in [1.54, 1.807) is 0 Å². The molecule has 1 aliphatic heterocycles. The van der Waals surface area contributed by atoms with Crippen molar-refractivity contribution in [3.8, 4) is 5.75 Å². The van der Waals surface area contributed by atoms with Crippen LogP contribution in [0.15, 0.2) is 18.2 Å². The zero-order valence-corrected chi connectivity index (χ0v) is 16.4. The maximum absolute atomic E-state index is 12.2. The third-order valence-electron chi connectivity index (χ3n) is 4.40. The van der Waals surface area contributed by atoms with Crippen molar-refractivity contribution in [2.75, 3.05) is 6.61 Å². The summed E-state index contributed by atoms with van der Waals surface area (Å²) in [5.41, 5.74) is 2.44. The minimum Gasteiger partial charge on any atom is -1.00 e. The Labute approximate surface area is 152 Å². The van der Waals surface area contributed by atoms with Crippen LogP contribution in [0.5, 0.6) is 5.75 Å². The number of piperidine rings is 1. The minimum absolute atomic E-state index is 0. The van der Waals surface area contributed by atoms with Crippen molar-refractivity contribution >= 4 is 5.91 Å². The Morgan fingerprint density at radius 3 is 2.29 bits per heavy atom. The first-order chi connectivity index (χ1) is 10.6. The molecule has 1 aliphatic rings. The van der Waals surface area contributed by atoms with E-state index in [-0.39, 0.29) is 42.0 Å².